The van der Waals surface area contributed by atoms with Gasteiger partial charge in [0.1, 0.15) is 0 Å². The lowest BCUT2D eigenvalue weighted by Crippen LogP contribution is -2.33. The van der Waals surface area contributed by atoms with Gasteiger partial charge in [-0.2, -0.15) is 13.2 Å². The highest BCUT2D eigenvalue weighted by molar-refractivity contribution is 5.27. The number of nitrogens with one attached hydrogen (secondary N) is 1. The smallest absolute Gasteiger partial charge is 0.314 e. The molecule has 1 heterocycles. The summed E-state index contributed by atoms with van der Waals surface area (Å²) in [5, 5.41) is 3.17. The Labute approximate surface area is 106 Å². The standard InChI is InChI=1S/C13H19F3N2/c1-4-10(9(3)17-5-2)12-11(13(14,15)16)7-6-8-18-12/h6-10,17H,4-5H2,1-3H3. The largest absolute Gasteiger partial charge is 0.418 e. The molecule has 0 radical (unpaired) electrons. The number of alkyl halides is 3. The second-order valence-corrected chi connectivity index (χ2v) is 4.30. The van der Waals surface area contributed by atoms with Crippen molar-refractivity contribution in [1.29, 1.82) is 0 Å². The third-order valence-corrected chi connectivity index (χ3v) is 3.06. The van der Waals surface area contributed by atoms with Crippen molar-refractivity contribution in [3.8, 4) is 0 Å². The van der Waals surface area contributed by atoms with E-state index in [1.54, 1.807) is 0 Å². The van der Waals surface area contributed by atoms with Crippen LogP contribution in [0, 0.1) is 0 Å². The van der Waals surface area contributed by atoms with Crippen LogP contribution in [0.1, 0.15) is 44.4 Å². The molecule has 0 bridgehead atoms. The predicted octanol–water partition coefficient (Wildman–Crippen LogP) is 3.59. The fourth-order valence-electron chi connectivity index (χ4n) is 2.20. The van der Waals surface area contributed by atoms with Gasteiger partial charge in [-0.15, -0.1) is 0 Å². The second kappa shape index (κ2) is 6.18. The molecular weight excluding hydrogens is 241 g/mol. The van der Waals surface area contributed by atoms with Gasteiger partial charge in [0.25, 0.3) is 0 Å². The molecule has 2 nitrogen and oxygen atoms in total. The van der Waals surface area contributed by atoms with Crippen LogP contribution in [0.15, 0.2) is 18.3 Å². The monoisotopic (exact) mass is 260 g/mol. The first kappa shape index (κ1) is 15.0. The van der Waals surface area contributed by atoms with Crippen LogP contribution < -0.4 is 5.32 Å². The number of halogens is 3. The van der Waals surface area contributed by atoms with E-state index in [4.69, 9.17) is 0 Å². The van der Waals surface area contributed by atoms with E-state index >= 15 is 0 Å². The highest BCUT2D eigenvalue weighted by atomic mass is 19.4. The molecule has 0 aliphatic carbocycles. The van der Waals surface area contributed by atoms with E-state index in [1.165, 1.54) is 12.3 Å². The van der Waals surface area contributed by atoms with Gasteiger partial charge >= 0.3 is 6.18 Å². The molecule has 0 saturated carbocycles. The molecule has 2 atom stereocenters. The maximum atomic E-state index is 12.9. The Bertz CT molecular complexity index is 377. The summed E-state index contributed by atoms with van der Waals surface area (Å²) in [5.74, 6) is -0.234. The number of aromatic nitrogens is 1. The molecule has 102 valence electrons. The number of likely N-dealkylation sites (N-methyl/N-ethyl adjacent to an activating group) is 1. The lowest BCUT2D eigenvalue weighted by atomic mass is 9.91. The van der Waals surface area contributed by atoms with E-state index in [0.717, 1.165) is 12.6 Å². The lowest BCUT2D eigenvalue weighted by molar-refractivity contribution is -0.138. The third-order valence-electron chi connectivity index (χ3n) is 3.06. The van der Waals surface area contributed by atoms with Crippen LogP contribution in [0.2, 0.25) is 0 Å². The number of rotatable bonds is 5. The predicted molar refractivity (Wildman–Crippen MR) is 65.4 cm³/mol. The van der Waals surface area contributed by atoms with Crippen molar-refractivity contribution in [3.05, 3.63) is 29.6 Å². The molecule has 1 aromatic rings. The maximum absolute atomic E-state index is 12.9. The molecule has 0 aliphatic heterocycles. The first-order valence-corrected chi connectivity index (χ1v) is 6.17. The Kier molecular flexibility index (Phi) is 5.14. The van der Waals surface area contributed by atoms with Crippen LogP contribution in [0.3, 0.4) is 0 Å². The van der Waals surface area contributed by atoms with Crippen LogP contribution in [0.25, 0.3) is 0 Å². The fraction of sp³-hybridized carbons (Fsp3) is 0.615. The second-order valence-electron chi connectivity index (χ2n) is 4.30. The molecule has 0 spiro atoms. The van der Waals surface area contributed by atoms with Gasteiger partial charge in [-0.05, 0) is 32.0 Å². The molecule has 0 fully saturated rings. The summed E-state index contributed by atoms with van der Waals surface area (Å²) in [6.45, 7) is 6.44. The lowest BCUT2D eigenvalue weighted by Gasteiger charge is -2.25. The molecule has 1 rings (SSSR count). The Morgan fingerprint density at radius 1 is 1.33 bits per heavy atom. The fourth-order valence-corrected chi connectivity index (χ4v) is 2.20. The quantitative estimate of drug-likeness (QED) is 0.875. The summed E-state index contributed by atoms with van der Waals surface area (Å²) in [6, 6.07) is 2.40. The molecule has 0 amide bonds. The summed E-state index contributed by atoms with van der Waals surface area (Å²) in [7, 11) is 0. The van der Waals surface area contributed by atoms with Crippen molar-refractivity contribution in [3.63, 3.8) is 0 Å². The molecule has 0 saturated heterocycles. The zero-order valence-corrected chi connectivity index (χ0v) is 10.9. The van der Waals surface area contributed by atoms with E-state index < -0.39 is 11.7 Å². The van der Waals surface area contributed by atoms with Gasteiger partial charge < -0.3 is 5.32 Å². The number of hydrogen-bond donors (Lipinski definition) is 1. The van der Waals surface area contributed by atoms with Crippen LogP contribution in [0.4, 0.5) is 13.2 Å². The van der Waals surface area contributed by atoms with Gasteiger partial charge in [0.15, 0.2) is 0 Å². The van der Waals surface area contributed by atoms with Crippen molar-refractivity contribution in [1.82, 2.24) is 10.3 Å². The van der Waals surface area contributed by atoms with Gasteiger partial charge in [0, 0.05) is 18.2 Å². The van der Waals surface area contributed by atoms with E-state index in [1.807, 2.05) is 20.8 Å². The first-order valence-electron chi connectivity index (χ1n) is 6.17. The van der Waals surface area contributed by atoms with Crippen LogP contribution >= 0.6 is 0 Å². The highest BCUT2D eigenvalue weighted by Crippen LogP contribution is 2.35. The molecule has 0 aliphatic rings. The Morgan fingerprint density at radius 2 is 2.00 bits per heavy atom. The van der Waals surface area contributed by atoms with E-state index in [-0.39, 0.29) is 17.7 Å². The van der Waals surface area contributed by atoms with Crippen molar-refractivity contribution in [2.24, 2.45) is 0 Å². The van der Waals surface area contributed by atoms with Gasteiger partial charge in [-0.1, -0.05) is 13.8 Å². The van der Waals surface area contributed by atoms with Crippen molar-refractivity contribution in [2.75, 3.05) is 6.54 Å². The molecule has 2 unspecified atom stereocenters. The summed E-state index contributed by atoms with van der Waals surface area (Å²) < 4.78 is 38.8. The van der Waals surface area contributed by atoms with Gasteiger partial charge in [0.05, 0.1) is 11.3 Å². The Balaban J connectivity index is 3.13. The number of nitrogens with zero attached hydrogens (tertiary/aromatic N) is 1. The molecule has 0 aromatic carbocycles. The van der Waals surface area contributed by atoms with Crippen LogP contribution in [0.5, 0.6) is 0 Å². The molecular formula is C13H19F3N2. The molecule has 18 heavy (non-hydrogen) atoms. The van der Waals surface area contributed by atoms with E-state index in [2.05, 4.69) is 10.3 Å². The molecule has 1 aromatic heterocycles. The minimum absolute atomic E-state index is 0.0315. The van der Waals surface area contributed by atoms with Gasteiger partial charge in [0.2, 0.25) is 0 Å². The first-order chi connectivity index (χ1) is 8.41. The number of hydrogen-bond acceptors (Lipinski definition) is 2. The summed E-state index contributed by atoms with van der Waals surface area (Å²) in [4.78, 5) is 3.96. The maximum Gasteiger partial charge on any atom is 0.418 e. The van der Waals surface area contributed by atoms with Crippen LogP contribution in [-0.4, -0.2) is 17.6 Å². The van der Waals surface area contributed by atoms with Crippen molar-refractivity contribution in [2.45, 2.75) is 45.3 Å². The van der Waals surface area contributed by atoms with Crippen LogP contribution in [-0.2, 0) is 6.18 Å². The topological polar surface area (TPSA) is 24.9 Å². The van der Waals surface area contributed by atoms with Crippen molar-refractivity contribution >= 4 is 0 Å². The molecule has 1 N–H and O–H groups in total. The minimum atomic E-state index is -4.34. The number of pyridine rings is 1. The highest BCUT2D eigenvalue weighted by Gasteiger charge is 2.36. The van der Waals surface area contributed by atoms with E-state index in [9.17, 15) is 13.2 Å². The third kappa shape index (κ3) is 3.45. The summed E-state index contributed by atoms with van der Waals surface area (Å²) in [5.41, 5.74) is -0.484. The minimum Gasteiger partial charge on any atom is -0.314 e. The zero-order chi connectivity index (χ0) is 13.8. The Hall–Kier alpha value is -1.10. The summed E-state index contributed by atoms with van der Waals surface area (Å²) >= 11 is 0. The Morgan fingerprint density at radius 3 is 2.50 bits per heavy atom. The normalized spacial score (nSPS) is 15.4. The zero-order valence-electron chi connectivity index (χ0n) is 10.9. The summed E-state index contributed by atoms with van der Waals surface area (Å²) in [6.07, 6.45) is -2.30. The van der Waals surface area contributed by atoms with Crippen molar-refractivity contribution < 1.29 is 13.2 Å². The molecule has 5 heteroatoms. The van der Waals surface area contributed by atoms with Gasteiger partial charge in [-0.3, -0.25) is 4.98 Å². The van der Waals surface area contributed by atoms with Gasteiger partial charge in [-0.25, -0.2) is 0 Å². The van der Waals surface area contributed by atoms with E-state index in [0.29, 0.717) is 6.42 Å². The SMILES string of the molecule is CCNC(C)C(CC)c1ncccc1C(F)(F)F. The average Bonchev–Trinajstić information content (AvgIpc) is 2.29. The average molecular weight is 260 g/mol.